The molecular weight excluding hydrogens is 235 g/mol. The number of rotatable bonds is 3. The molecule has 1 saturated carbocycles. The first-order valence-corrected chi connectivity index (χ1v) is 7.00. The average molecular weight is 254 g/mol. The van der Waals surface area contributed by atoms with Gasteiger partial charge in [-0.15, -0.1) is 0 Å². The van der Waals surface area contributed by atoms with E-state index < -0.39 is 0 Å². The number of halogens is 1. The minimum absolute atomic E-state index is 0.151. The van der Waals surface area contributed by atoms with E-state index in [9.17, 15) is 4.39 Å². The molecule has 98 valence electrons. The fraction of sp³-hybridized carbons (Fsp3) is 0.333. The molecule has 1 fully saturated rings. The molecule has 1 heteroatoms. The van der Waals surface area contributed by atoms with Gasteiger partial charge in [-0.05, 0) is 53.0 Å². The Bertz CT molecular complexity index is 551. The maximum Gasteiger partial charge on any atom is 0.123 e. The molecule has 0 amide bonds. The second kappa shape index (κ2) is 4.80. The van der Waals surface area contributed by atoms with Gasteiger partial charge in [-0.1, -0.05) is 50.2 Å². The standard InChI is InChI=1S/C18H19F/c1-12(2)13-3-5-14(6-4-13)17-11-18(17)15-7-9-16(19)10-8-15/h3-10,12,17-18H,11H2,1-2H3. The Morgan fingerprint density at radius 2 is 1.32 bits per heavy atom. The SMILES string of the molecule is CC(C)c1ccc(C2CC2c2ccc(F)cc2)cc1. The molecule has 19 heavy (non-hydrogen) atoms. The van der Waals surface area contributed by atoms with Gasteiger partial charge in [0.05, 0.1) is 0 Å². The molecule has 0 saturated heterocycles. The van der Waals surface area contributed by atoms with Gasteiger partial charge in [-0.3, -0.25) is 0 Å². The first kappa shape index (κ1) is 12.4. The molecule has 0 N–H and O–H groups in total. The first-order valence-electron chi connectivity index (χ1n) is 7.00. The van der Waals surface area contributed by atoms with E-state index in [1.807, 2.05) is 12.1 Å². The van der Waals surface area contributed by atoms with Crippen molar-refractivity contribution in [1.29, 1.82) is 0 Å². The largest absolute Gasteiger partial charge is 0.207 e. The van der Waals surface area contributed by atoms with Crippen molar-refractivity contribution < 1.29 is 4.39 Å². The molecule has 2 atom stereocenters. The van der Waals surface area contributed by atoms with E-state index in [1.165, 1.54) is 23.1 Å². The summed E-state index contributed by atoms with van der Waals surface area (Å²) in [7, 11) is 0. The van der Waals surface area contributed by atoms with Gasteiger partial charge in [0.15, 0.2) is 0 Å². The van der Waals surface area contributed by atoms with E-state index >= 15 is 0 Å². The van der Waals surface area contributed by atoms with Gasteiger partial charge >= 0.3 is 0 Å². The molecule has 1 aliphatic carbocycles. The second-order valence-electron chi connectivity index (χ2n) is 5.82. The smallest absolute Gasteiger partial charge is 0.123 e. The molecule has 2 aromatic rings. The lowest BCUT2D eigenvalue weighted by atomic mass is 9.99. The van der Waals surface area contributed by atoms with Crippen molar-refractivity contribution in [3.05, 3.63) is 71.0 Å². The van der Waals surface area contributed by atoms with Crippen LogP contribution in [-0.4, -0.2) is 0 Å². The van der Waals surface area contributed by atoms with Crippen molar-refractivity contribution >= 4 is 0 Å². The van der Waals surface area contributed by atoms with Gasteiger partial charge in [0.1, 0.15) is 5.82 Å². The van der Waals surface area contributed by atoms with Crippen LogP contribution in [-0.2, 0) is 0 Å². The zero-order valence-corrected chi connectivity index (χ0v) is 11.4. The highest BCUT2D eigenvalue weighted by Gasteiger charge is 2.39. The van der Waals surface area contributed by atoms with E-state index in [2.05, 4.69) is 38.1 Å². The van der Waals surface area contributed by atoms with Crippen LogP contribution in [0, 0.1) is 5.82 Å². The van der Waals surface area contributed by atoms with Crippen molar-refractivity contribution in [1.82, 2.24) is 0 Å². The van der Waals surface area contributed by atoms with Crippen LogP contribution in [0.15, 0.2) is 48.5 Å². The molecule has 3 rings (SSSR count). The Morgan fingerprint density at radius 3 is 1.79 bits per heavy atom. The Hall–Kier alpha value is -1.63. The summed E-state index contributed by atoms with van der Waals surface area (Å²) in [6, 6.07) is 15.9. The Morgan fingerprint density at radius 1 is 0.842 bits per heavy atom. The summed E-state index contributed by atoms with van der Waals surface area (Å²) < 4.78 is 12.9. The lowest BCUT2D eigenvalue weighted by molar-refractivity contribution is 0.627. The van der Waals surface area contributed by atoms with E-state index in [1.54, 1.807) is 12.1 Å². The molecule has 0 aliphatic heterocycles. The molecule has 0 radical (unpaired) electrons. The molecule has 0 spiro atoms. The highest BCUT2D eigenvalue weighted by atomic mass is 19.1. The minimum Gasteiger partial charge on any atom is -0.207 e. The first-order chi connectivity index (χ1) is 9.15. The van der Waals surface area contributed by atoms with Crippen LogP contribution in [0.4, 0.5) is 4.39 Å². The molecule has 0 heterocycles. The topological polar surface area (TPSA) is 0 Å². The monoisotopic (exact) mass is 254 g/mol. The average Bonchev–Trinajstić information content (AvgIpc) is 3.20. The van der Waals surface area contributed by atoms with Gasteiger partial charge in [-0.2, -0.15) is 0 Å². The Kier molecular flexibility index (Phi) is 3.14. The van der Waals surface area contributed by atoms with Crippen LogP contribution in [0.2, 0.25) is 0 Å². The van der Waals surface area contributed by atoms with Gasteiger partial charge < -0.3 is 0 Å². The summed E-state index contributed by atoms with van der Waals surface area (Å²) in [5, 5.41) is 0. The van der Waals surface area contributed by atoms with E-state index in [4.69, 9.17) is 0 Å². The fourth-order valence-corrected chi connectivity index (χ4v) is 2.77. The Balaban J connectivity index is 1.74. The predicted molar refractivity (Wildman–Crippen MR) is 77.0 cm³/mol. The molecule has 0 aromatic heterocycles. The van der Waals surface area contributed by atoms with Crippen LogP contribution in [0.3, 0.4) is 0 Å². The minimum atomic E-state index is -0.151. The van der Waals surface area contributed by atoms with Crippen molar-refractivity contribution in [2.24, 2.45) is 0 Å². The summed E-state index contributed by atoms with van der Waals surface area (Å²) in [6.45, 7) is 4.43. The van der Waals surface area contributed by atoms with Crippen molar-refractivity contribution in [3.8, 4) is 0 Å². The predicted octanol–water partition coefficient (Wildman–Crippen LogP) is 5.22. The van der Waals surface area contributed by atoms with Crippen LogP contribution in [0.1, 0.15) is 54.7 Å². The third-order valence-corrected chi connectivity index (χ3v) is 4.12. The second-order valence-corrected chi connectivity index (χ2v) is 5.82. The quantitative estimate of drug-likeness (QED) is 0.704. The van der Waals surface area contributed by atoms with E-state index in [0.29, 0.717) is 17.8 Å². The molecular formula is C18H19F. The van der Waals surface area contributed by atoms with Gasteiger partial charge in [-0.25, -0.2) is 4.39 Å². The van der Waals surface area contributed by atoms with Crippen LogP contribution < -0.4 is 0 Å². The summed E-state index contributed by atoms with van der Waals surface area (Å²) >= 11 is 0. The molecule has 0 bridgehead atoms. The van der Waals surface area contributed by atoms with Crippen molar-refractivity contribution in [2.45, 2.75) is 38.0 Å². The van der Waals surface area contributed by atoms with E-state index in [0.717, 1.165) is 0 Å². The van der Waals surface area contributed by atoms with Crippen LogP contribution >= 0.6 is 0 Å². The van der Waals surface area contributed by atoms with Gasteiger partial charge in [0.2, 0.25) is 0 Å². The van der Waals surface area contributed by atoms with Crippen molar-refractivity contribution in [3.63, 3.8) is 0 Å². The molecule has 1 aliphatic rings. The van der Waals surface area contributed by atoms with Crippen molar-refractivity contribution in [2.75, 3.05) is 0 Å². The third kappa shape index (κ3) is 2.56. The third-order valence-electron chi connectivity index (χ3n) is 4.12. The number of hydrogen-bond acceptors (Lipinski definition) is 0. The maximum atomic E-state index is 12.9. The normalized spacial score (nSPS) is 21.7. The summed E-state index contributed by atoms with van der Waals surface area (Å²) in [6.07, 6.45) is 1.19. The van der Waals surface area contributed by atoms with Gasteiger partial charge in [0, 0.05) is 0 Å². The van der Waals surface area contributed by atoms with E-state index in [-0.39, 0.29) is 5.82 Å². The summed E-state index contributed by atoms with van der Waals surface area (Å²) in [4.78, 5) is 0. The summed E-state index contributed by atoms with van der Waals surface area (Å²) in [5.74, 6) is 1.63. The summed E-state index contributed by atoms with van der Waals surface area (Å²) in [5.41, 5.74) is 4.07. The van der Waals surface area contributed by atoms with Crippen LogP contribution in [0.25, 0.3) is 0 Å². The zero-order chi connectivity index (χ0) is 13.4. The highest BCUT2D eigenvalue weighted by Crippen LogP contribution is 2.54. The molecule has 0 nitrogen and oxygen atoms in total. The number of hydrogen-bond donors (Lipinski definition) is 0. The lowest BCUT2D eigenvalue weighted by Gasteiger charge is -2.07. The molecule has 2 aromatic carbocycles. The highest BCUT2D eigenvalue weighted by molar-refractivity contribution is 5.37. The fourth-order valence-electron chi connectivity index (χ4n) is 2.77. The maximum absolute atomic E-state index is 12.9. The zero-order valence-electron chi connectivity index (χ0n) is 11.4. The van der Waals surface area contributed by atoms with Crippen LogP contribution in [0.5, 0.6) is 0 Å². The lowest BCUT2D eigenvalue weighted by Crippen LogP contribution is -1.89. The number of benzene rings is 2. The molecule has 2 unspecified atom stereocenters. The Labute approximate surface area is 114 Å². The van der Waals surface area contributed by atoms with Gasteiger partial charge in [0.25, 0.3) is 0 Å².